The summed E-state index contributed by atoms with van der Waals surface area (Å²) in [5, 5.41) is 12.2. The highest BCUT2D eigenvalue weighted by Gasteiger charge is 2.11. The molecule has 2 rings (SSSR count). The van der Waals surface area contributed by atoms with Crippen molar-refractivity contribution in [3.63, 3.8) is 0 Å². The van der Waals surface area contributed by atoms with E-state index in [-0.39, 0.29) is 18.1 Å². The maximum Gasteiger partial charge on any atom is 0.312 e. The number of thioether (sulfide) groups is 1. The first kappa shape index (κ1) is 12.6. The lowest BCUT2D eigenvalue weighted by Crippen LogP contribution is -2.00. The smallest absolute Gasteiger partial charge is 0.312 e. The molecule has 1 N–H and O–H groups in total. The van der Waals surface area contributed by atoms with Gasteiger partial charge in [0.15, 0.2) is 5.82 Å². The molecule has 0 aliphatic carbocycles. The first-order valence-corrected chi connectivity index (χ1v) is 6.04. The Balaban J connectivity index is 1.96. The Kier molecular flexibility index (Phi) is 3.93. The third-order valence-electron chi connectivity index (χ3n) is 2.01. The molecule has 0 spiro atoms. The van der Waals surface area contributed by atoms with Crippen LogP contribution in [0.5, 0.6) is 0 Å². The van der Waals surface area contributed by atoms with Gasteiger partial charge in [0.1, 0.15) is 12.2 Å². The second kappa shape index (κ2) is 5.63. The fourth-order valence-electron chi connectivity index (χ4n) is 1.25. The van der Waals surface area contributed by atoms with Gasteiger partial charge in [0.2, 0.25) is 5.89 Å². The Morgan fingerprint density at radius 1 is 1.44 bits per heavy atom. The van der Waals surface area contributed by atoms with E-state index >= 15 is 0 Å². The molecule has 0 aliphatic heterocycles. The third kappa shape index (κ3) is 3.30. The number of carboxylic acid groups (broad SMARTS) is 1. The van der Waals surface area contributed by atoms with Crippen molar-refractivity contribution < 1.29 is 18.8 Å². The molecule has 1 aromatic carbocycles. The van der Waals surface area contributed by atoms with Gasteiger partial charge < -0.3 is 9.63 Å². The van der Waals surface area contributed by atoms with Gasteiger partial charge in [-0.05, 0) is 12.1 Å². The van der Waals surface area contributed by atoms with Gasteiger partial charge in [0.05, 0.1) is 5.75 Å². The van der Waals surface area contributed by atoms with Gasteiger partial charge in [0.25, 0.3) is 0 Å². The summed E-state index contributed by atoms with van der Waals surface area (Å²) in [5.41, 5.74) is 0. The van der Waals surface area contributed by atoms with Crippen LogP contribution < -0.4 is 0 Å². The van der Waals surface area contributed by atoms with E-state index in [1.165, 1.54) is 17.8 Å². The zero-order valence-corrected chi connectivity index (χ0v) is 9.98. The highest BCUT2D eigenvalue weighted by molar-refractivity contribution is 7.98. The summed E-state index contributed by atoms with van der Waals surface area (Å²) in [5.74, 6) is -0.626. The molecular weight excluding hydrogens is 259 g/mol. The van der Waals surface area contributed by atoms with Crippen LogP contribution in [0.2, 0.25) is 0 Å². The second-order valence-corrected chi connectivity index (χ2v) is 4.41. The molecule has 94 valence electrons. The zero-order chi connectivity index (χ0) is 13.0. The van der Waals surface area contributed by atoms with Crippen molar-refractivity contribution in [3.8, 4) is 0 Å². The van der Waals surface area contributed by atoms with Gasteiger partial charge in [-0.3, -0.25) is 4.79 Å². The van der Waals surface area contributed by atoms with Crippen molar-refractivity contribution in [2.45, 2.75) is 17.1 Å². The van der Waals surface area contributed by atoms with Gasteiger partial charge in [-0.1, -0.05) is 17.3 Å². The first-order valence-electron chi connectivity index (χ1n) is 5.06. The Hall–Kier alpha value is -1.89. The Morgan fingerprint density at radius 3 is 2.94 bits per heavy atom. The lowest BCUT2D eigenvalue weighted by Gasteiger charge is -1.98. The van der Waals surface area contributed by atoms with Gasteiger partial charge in [-0.2, -0.15) is 4.98 Å². The van der Waals surface area contributed by atoms with Crippen LogP contribution in [0.4, 0.5) is 4.39 Å². The molecule has 0 saturated carbocycles. The number of carboxylic acids is 1. The van der Waals surface area contributed by atoms with E-state index in [0.717, 1.165) is 0 Å². The van der Waals surface area contributed by atoms with Crippen LogP contribution in [0.25, 0.3) is 0 Å². The molecule has 18 heavy (non-hydrogen) atoms. The van der Waals surface area contributed by atoms with Crippen LogP contribution in [-0.2, 0) is 17.0 Å². The van der Waals surface area contributed by atoms with Crippen LogP contribution in [0, 0.1) is 5.82 Å². The average Bonchev–Trinajstić information content (AvgIpc) is 2.75. The summed E-state index contributed by atoms with van der Waals surface area (Å²) < 4.78 is 18.1. The molecule has 7 heteroatoms. The molecule has 5 nitrogen and oxygen atoms in total. The van der Waals surface area contributed by atoms with Crippen LogP contribution in [-0.4, -0.2) is 21.2 Å². The minimum absolute atomic E-state index is 0.0478. The Labute approximate surface area is 106 Å². The SMILES string of the molecule is O=C(O)Cc1nc(CSc2ccccc2F)no1. The summed E-state index contributed by atoms with van der Waals surface area (Å²) in [6.07, 6.45) is -0.308. The van der Waals surface area contributed by atoms with E-state index in [0.29, 0.717) is 16.5 Å². The maximum absolute atomic E-state index is 13.3. The molecule has 0 unspecified atom stereocenters. The first-order chi connectivity index (χ1) is 8.65. The zero-order valence-electron chi connectivity index (χ0n) is 9.17. The van der Waals surface area contributed by atoms with Crippen molar-refractivity contribution in [1.82, 2.24) is 10.1 Å². The Morgan fingerprint density at radius 2 is 2.22 bits per heavy atom. The molecule has 0 amide bonds. The maximum atomic E-state index is 13.3. The summed E-state index contributed by atoms with van der Waals surface area (Å²) in [6, 6.07) is 6.36. The van der Waals surface area contributed by atoms with Crippen molar-refractivity contribution in [1.29, 1.82) is 0 Å². The molecule has 0 radical (unpaired) electrons. The van der Waals surface area contributed by atoms with E-state index < -0.39 is 5.97 Å². The lowest BCUT2D eigenvalue weighted by atomic mass is 10.3. The van der Waals surface area contributed by atoms with Gasteiger partial charge in [-0.25, -0.2) is 4.39 Å². The normalized spacial score (nSPS) is 10.5. The van der Waals surface area contributed by atoms with Crippen LogP contribution in [0.1, 0.15) is 11.7 Å². The quantitative estimate of drug-likeness (QED) is 0.837. The molecule has 1 aromatic heterocycles. The van der Waals surface area contributed by atoms with Crippen molar-refractivity contribution in [2.24, 2.45) is 0 Å². The van der Waals surface area contributed by atoms with Gasteiger partial charge >= 0.3 is 5.97 Å². The number of aromatic nitrogens is 2. The standard InChI is InChI=1S/C11H9FN2O3S/c12-7-3-1-2-4-8(7)18-6-9-13-10(17-14-9)5-11(15)16/h1-4H,5-6H2,(H,15,16). The van der Waals surface area contributed by atoms with Crippen LogP contribution in [0.3, 0.4) is 0 Å². The highest BCUT2D eigenvalue weighted by Crippen LogP contribution is 2.24. The Bertz CT molecular complexity index is 559. The molecule has 0 fully saturated rings. The molecule has 0 aliphatic rings. The minimum Gasteiger partial charge on any atom is -0.481 e. The number of rotatable bonds is 5. The molecule has 2 aromatic rings. The predicted molar refractivity (Wildman–Crippen MR) is 61.6 cm³/mol. The molecule has 0 saturated heterocycles. The number of hydrogen-bond donors (Lipinski definition) is 1. The van der Waals surface area contributed by atoms with Gasteiger partial charge in [0, 0.05) is 4.90 Å². The van der Waals surface area contributed by atoms with Gasteiger partial charge in [-0.15, -0.1) is 11.8 Å². The van der Waals surface area contributed by atoms with E-state index in [2.05, 4.69) is 10.1 Å². The number of carbonyl (C=O) groups is 1. The van der Waals surface area contributed by atoms with Crippen molar-refractivity contribution in [3.05, 3.63) is 41.8 Å². The minimum atomic E-state index is -1.04. The number of benzene rings is 1. The van der Waals surface area contributed by atoms with E-state index in [1.807, 2.05) is 0 Å². The number of aliphatic carboxylic acids is 1. The predicted octanol–water partition coefficient (Wildman–Crippen LogP) is 2.13. The lowest BCUT2D eigenvalue weighted by molar-refractivity contribution is -0.136. The topological polar surface area (TPSA) is 76.2 Å². The summed E-state index contributed by atoms with van der Waals surface area (Å²) in [7, 11) is 0. The molecule has 1 heterocycles. The van der Waals surface area contributed by atoms with Crippen LogP contribution >= 0.6 is 11.8 Å². The fourth-order valence-corrected chi connectivity index (χ4v) is 2.04. The number of nitrogens with zero attached hydrogens (tertiary/aromatic N) is 2. The fraction of sp³-hybridized carbons (Fsp3) is 0.182. The van der Waals surface area contributed by atoms with Crippen LogP contribution in [0.15, 0.2) is 33.7 Å². The van der Waals surface area contributed by atoms with E-state index in [1.54, 1.807) is 18.2 Å². The monoisotopic (exact) mass is 268 g/mol. The third-order valence-corrected chi connectivity index (χ3v) is 3.05. The number of hydrogen-bond acceptors (Lipinski definition) is 5. The van der Waals surface area contributed by atoms with E-state index in [9.17, 15) is 9.18 Å². The second-order valence-electron chi connectivity index (χ2n) is 3.39. The highest BCUT2D eigenvalue weighted by atomic mass is 32.2. The molecule has 0 atom stereocenters. The largest absolute Gasteiger partial charge is 0.481 e. The van der Waals surface area contributed by atoms with Crippen molar-refractivity contribution in [2.75, 3.05) is 0 Å². The summed E-state index contributed by atoms with van der Waals surface area (Å²) >= 11 is 1.22. The average molecular weight is 268 g/mol. The summed E-state index contributed by atoms with van der Waals surface area (Å²) in [4.78, 5) is 14.8. The van der Waals surface area contributed by atoms with E-state index in [4.69, 9.17) is 9.63 Å². The van der Waals surface area contributed by atoms with Crippen molar-refractivity contribution >= 4 is 17.7 Å². The summed E-state index contributed by atoms with van der Waals surface area (Å²) in [6.45, 7) is 0. The molecular formula is C11H9FN2O3S. The number of halogens is 1. The molecule has 0 bridgehead atoms.